The fourth-order valence-corrected chi connectivity index (χ4v) is 12.0. The van der Waals surface area contributed by atoms with E-state index >= 15 is 0 Å². The summed E-state index contributed by atoms with van der Waals surface area (Å²) in [5.41, 5.74) is 9.48. The van der Waals surface area contributed by atoms with Crippen molar-refractivity contribution in [2.45, 2.75) is 0 Å². The van der Waals surface area contributed by atoms with Crippen LogP contribution in [0.4, 0.5) is 17.1 Å². The molecule has 60 heavy (non-hydrogen) atoms. The van der Waals surface area contributed by atoms with Gasteiger partial charge in [-0.15, -0.1) is 22.7 Å². The van der Waals surface area contributed by atoms with E-state index in [1.54, 1.807) is 0 Å². The smallest absolute Gasteiger partial charge is 0.0640 e. The number of hydrogen-bond donors (Lipinski definition) is 0. The van der Waals surface area contributed by atoms with Gasteiger partial charge in [0.2, 0.25) is 0 Å². The molecule has 0 bridgehead atoms. The first kappa shape index (κ1) is 33.7. The first-order chi connectivity index (χ1) is 29.7. The van der Waals surface area contributed by atoms with E-state index in [-0.39, 0.29) is 0 Å². The van der Waals surface area contributed by atoms with Crippen molar-refractivity contribution >= 4 is 123 Å². The quantitative estimate of drug-likeness (QED) is 0.168. The molecule has 10 aromatic carbocycles. The molecular formula is C56H34N2S2. The molecule has 0 aliphatic rings. The van der Waals surface area contributed by atoms with Crippen molar-refractivity contribution in [1.29, 1.82) is 0 Å². The third-order valence-electron chi connectivity index (χ3n) is 12.3. The lowest BCUT2D eigenvalue weighted by Gasteiger charge is -2.26. The lowest BCUT2D eigenvalue weighted by molar-refractivity contribution is 1.19. The van der Waals surface area contributed by atoms with Gasteiger partial charge in [0.05, 0.1) is 21.4 Å². The number of para-hydroxylation sites is 1. The van der Waals surface area contributed by atoms with Crippen LogP contribution in [0.1, 0.15) is 0 Å². The summed E-state index contributed by atoms with van der Waals surface area (Å²) in [4.78, 5) is 2.45. The van der Waals surface area contributed by atoms with Gasteiger partial charge in [-0.2, -0.15) is 0 Å². The normalized spacial score (nSPS) is 12.0. The van der Waals surface area contributed by atoms with E-state index in [4.69, 9.17) is 0 Å². The van der Waals surface area contributed by atoms with E-state index in [2.05, 4.69) is 216 Å². The third-order valence-corrected chi connectivity index (χ3v) is 14.7. The Kier molecular flexibility index (Phi) is 7.38. The van der Waals surface area contributed by atoms with Crippen molar-refractivity contribution < 1.29 is 0 Å². The number of fused-ring (bicyclic) bond motifs is 11. The van der Waals surface area contributed by atoms with Crippen molar-refractivity contribution in [2.75, 3.05) is 4.90 Å². The Balaban J connectivity index is 1.03. The molecule has 4 heteroatoms. The molecule has 0 unspecified atom stereocenters. The summed E-state index contributed by atoms with van der Waals surface area (Å²) in [7, 11) is 0. The standard InChI is InChI=1S/C56H34N2S2/c1-2-13-37-30-41(29-24-35(37)12-1)57(51-21-11-19-46-44-17-6-9-22-53(44)60-56(46)51)40-27-25-36(26-28-40)47-33-42(34-49-45-18-7-10-23-54(45)59-55(47)49)58-50-20-8-5-16-43(50)48-31-38-14-3-4-15-39(38)32-52(48)58/h1-34H. The molecule has 13 aromatic rings. The van der Waals surface area contributed by atoms with Crippen molar-refractivity contribution in [3.63, 3.8) is 0 Å². The molecule has 280 valence electrons. The van der Waals surface area contributed by atoms with Gasteiger partial charge >= 0.3 is 0 Å². The van der Waals surface area contributed by atoms with Crippen LogP contribution in [0.5, 0.6) is 0 Å². The molecule has 0 fully saturated rings. The van der Waals surface area contributed by atoms with Gasteiger partial charge in [-0.05, 0) is 99.9 Å². The lowest BCUT2D eigenvalue weighted by Crippen LogP contribution is -2.10. The van der Waals surface area contributed by atoms with Crippen LogP contribution in [-0.2, 0) is 0 Å². The van der Waals surface area contributed by atoms with Crippen LogP contribution >= 0.6 is 22.7 Å². The van der Waals surface area contributed by atoms with Crippen LogP contribution in [0.15, 0.2) is 206 Å². The SMILES string of the molecule is c1ccc2cc(N(c3ccc(-c4cc(-n5c6ccccc6c6cc7ccccc7cc65)cc5c4sc4ccccc45)cc3)c3cccc4c3sc3ccccc34)ccc2c1. The summed E-state index contributed by atoms with van der Waals surface area (Å²) in [6.45, 7) is 0. The minimum absolute atomic E-state index is 1.12. The van der Waals surface area contributed by atoms with Crippen LogP contribution in [-0.4, -0.2) is 4.57 Å². The maximum atomic E-state index is 2.48. The first-order valence-electron chi connectivity index (χ1n) is 20.4. The van der Waals surface area contributed by atoms with Gasteiger partial charge in [0.15, 0.2) is 0 Å². The molecule has 3 heterocycles. The van der Waals surface area contributed by atoms with E-state index < -0.39 is 0 Å². The summed E-state index contributed by atoms with van der Waals surface area (Å²) in [5.74, 6) is 0. The fraction of sp³-hybridized carbons (Fsp3) is 0. The highest BCUT2D eigenvalue weighted by Crippen LogP contribution is 2.47. The highest BCUT2D eigenvalue weighted by atomic mass is 32.1. The molecule has 0 saturated carbocycles. The number of rotatable bonds is 5. The minimum atomic E-state index is 1.12. The van der Waals surface area contributed by atoms with Crippen molar-refractivity contribution in [2.24, 2.45) is 0 Å². The molecule has 0 aliphatic carbocycles. The first-order valence-corrected chi connectivity index (χ1v) is 22.0. The van der Waals surface area contributed by atoms with Crippen molar-refractivity contribution in [1.82, 2.24) is 4.57 Å². The predicted molar refractivity (Wildman–Crippen MR) is 262 cm³/mol. The predicted octanol–water partition coefficient (Wildman–Crippen LogP) is 17.0. The second kappa shape index (κ2) is 13.1. The molecule has 0 amide bonds. The molecule has 0 atom stereocenters. The van der Waals surface area contributed by atoms with Gasteiger partial charge in [0.25, 0.3) is 0 Å². The molecule has 2 nitrogen and oxygen atoms in total. The highest BCUT2D eigenvalue weighted by molar-refractivity contribution is 7.26. The van der Waals surface area contributed by atoms with Crippen LogP contribution in [0.25, 0.3) is 101 Å². The summed E-state index contributed by atoms with van der Waals surface area (Å²) in [6, 6.07) is 76.3. The summed E-state index contributed by atoms with van der Waals surface area (Å²) in [5, 5.41) is 12.7. The maximum Gasteiger partial charge on any atom is 0.0640 e. The van der Waals surface area contributed by atoms with Gasteiger partial charge < -0.3 is 9.47 Å². The molecule has 0 N–H and O–H groups in total. The Hall–Kier alpha value is -7.24. The third kappa shape index (κ3) is 5.11. The second-order valence-corrected chi connectivity index (χ2v) is 17.8. The Morgan fingerprint density at radius 3 is 1.73 bits per heavy atom. The van der Waals surface area contributed by atoms with Crippen LogP contribution in [0.3, 0.4) is 0 Å². The molecule has 13 rings (SSSR count). The Morgan fingerprint density at radius 2 is 0.950 bits per heavy atom. The monoisotopic (exact) mass is 798 g/mol. The second-order valence-electron chi connectivity index (χ2n) is 15.7. The lowest BCUT2D eigenvalue weighted by atomic mass is 10.0. The number of aromatic nitrogens is 1. The average Bonchev–Trinajstić information content (AvgIpc) is 3.98. The zero-order valence-electron chi connectivity index (χ0n) is 32.3. The number of hydrogen-bond acceptors (Lipinski definition) is 3. The Labute approximate surface area is 354 Å². The molecule has 3 aromatic heterocycles. The van der Waals surface area contributed by atoms with E-state index in [0.29, 0.717) is 0 Å². The van der Waals surface area contributed by atoms with Gasteiger partial charge in [-0.25, -0.2) is 0 Å². The zero-order valence-corrected chi connectivity index (χ0v) is 34.0. The Morgan fingerprint density at radius 1 is 0.350 bits per heavy atom. The van der Waals surface area contributed by atoms with E-state index in [1.165, 1.54) is 106 Å². The van der Waals surface area contributed by atoms with Gasteiger partial charge in [-0.1, -0.05) is 133 Å². The highest BCUT2D eigenvalue weighted by Gasteiger charge is 2.21. The molecule has 0 spiro atoms. The fourth-order valence-electron chi connectivity index (χ4n) is 9.53. The summed E-state index contributed by atoms with van der Waals surface area (Å²) >= 11 is 3.76. The van der Waals surface area contributed by atoms with Crippen molar-refractivity contribution in [3.8, 4) is 16.8 Å². The largest absolute Gasteiger partial charge is 0.309 e. The number of benzene rings is 10. The van der Waals surface area contributed by atoms with E-state index in [9.17, 15) is 0 Å². The van der Waals surface area contributed by atoms with E-state index in [1.807, 2.05) is 22.7 Å². The van der Waals surface area contributed by atoms with Gasteiger partial charge in [0.1, 0.15) is 0 Å². The van der Waals surface area contributed by atoms with Gasteiger partial charge in [0, 0.05) is 69.0 Å². The molecule has 0 aliphatic heterocycles. The van der Waals surface area contributed by atoms with Crippen LogP contribution in [0, 0.1) is 0 Å². The maximum absolute atomic E-state index is 2.48. The molecular weight excluding hydrogens is 765 g/mol. The molecule has 0 saturated heterocycles. The average molecular weight is 799 g/mol. The number of anilines is 3. The number of nitrogens with zero attached hydrogens (tertiary/aromatic N) is 2. The topological polar surface area (TPSA) is 8.17 Å². The van der Waals surface area contributed by atoms with E-state index in [0.717, 1.165) is 11.4 Å². The minimum Gasteiger partial charge on any atom is -0.309 e. The number of thiophene rings is 2. The van der Waals surface area contributed by atoms with Gasteiger partial charge in [-0.3, -0.25) is 0 Å². The summed E-state index contributed by atoms with van der Waals surface area (Å²) in [6.07, 6.45) is 0. The van der Waals surface area contributed by atoms with Crippen molar-refractivity contribution in [3.05, 3.63) is 206 Å². The zero-order chi connectivity index (χ0) is 39.3. The Bertz CT molecular complexity index is 3850. The molecule has 0 radical (unpaired) electrons. The summed E-state index contributed by atoms with van der Waals surface area (Å²) < 4.78 is 7.68. The van der Waals surface area contributed by atoms with Crippen LogP contribution in [0.2, 0.25) is 0 Å². The van der Waals surface area contributed by atoms with Crippen LogP contribution < -0.4 is 4.90 Å².